The number of amides is 1. The highest BCUT2D eigenvalue weighted by Crippen LogP contribution is 2.20. The van der Waals surface area contributed by atoms with Crippen LogP contribution in [0.2, 0.25) is 0 Å². The van der Waals surface area contributed by atoms with Crippen LogP contribution in [0.1, 0.15) is 35.4 Å². The van der Waals surface area contributed by atoms with Crippen LogP contribution < -0.4 is 0 Å². The Morgan fingerprint density at radius 3 is 2.82 bits per heavy atom. The molecule has 0 radical (unpaired) electrons. The van der Waals surface area contributed by atoms with Gasteiger partial charge in [-0.25, -0.2) is 4.79 Å². The monoisotopic (exact) mass is 237 g/mol. The van der Waals surface area contributed by atoms with Crippen LogP contribution in [0.4, 0.5) is 0 Å². The standard InChI is InChI=1S/C12H15NO4/c1-8-6-10(17-7-8)11(14)13-5-3-2-4-9(13)12(15)16/h6-7,9H,2-5H2,1H3,(H,15,16). The lowest BCUT2D eigenvalue weighted by atomic mass is 10.0. The Bertz CT molecular complexity index is 437. The third-order valence-corrected chi connectivity index (χ3v) is 2.99. The number of carboxylic acid groups (broad SMARTS) is 1. The summed E-state index contributed by atoms with van der Waals surface area (Å²) in [6.07, 6.45) is 3.70. The smallest absolute Gasteiger partial charge is 0.326 e. The van der Waals surface area contributed by atoms with Crippen molar-refractivity contribution in [3.05, 3.63) is 23.7 Å². The molecule has 2 rings (SSSR count). The first-order valence-corrected chi connectivity index (χ1v) is 5.68. The van der Waals surface area contributed by atoms with Crippen molar-refractivity contribution in [2.75, 3.05) is 6.54 Å². The molecule has 1 aliphatic rings. The predicted octanol–water partition coefficient (Wildman–Crippen LogP) is 1.67. The van der Waals surface area contributed by atoms with Gasteiger partial charge in [0.05, 0.1) is 6.26 Å². The second-order valence-electron chi connectivity index (χ2n) is 4.34. The number of carbonyl (C=O) groups excluding carboxylic acids is 1. The predicted molar refractivity (Wildman–Crippen MR) is 59.8 cm³/mol. The Morgan fingerprint density at radius 2 is 2.24 bits per heavy atom. The van der Waals surface area contributed by atoms with E-state index in [1.807, 2.05) is 6.92 Å². The second-order valence-corrected chi connectivity index (χ2v) is 4.34. The summed E-state index contributed by atoms with van der Waals surface area (Å²) in [4.78, 5) is 24.6. The van der Waals surface area contributed by atoms with Gasteiger partial charge in [0.25, 0.3) is 5.91 Å². The zero-order chi connectivity index (χ0) is 12.4. The van der Waals surface area contributed by atoms with Crippen molar-refractivity contribution < 1.29 is 19.1 Å². The largest absolute Gasteiger partial charge is 0.480 e. The third-order valence-electron chi connectivity index (χ3n) is 2.99. The van der Waals surface area contributed by atoms with Crippen LogP contribution in [0.25, 0.3) is 0 Å². The van der Waals surface area contributed by atoms with Crippen LogP contribution in [0, 0.1) is 6.92 Å². The Hall–Kier alpha value is -1.78. The van der Waals surface area contributed by atoms with Crippen LogP contribution in [0.5, 0.6) is 0 Å². The van der Waals surface area contributed by atoms with Gasteiger partial charge in [0, 0.05) is 6.54 Å². The minimum absolute atomic E-state index is 0.218. The Balaban J connectivity index is 2.19. The van der Waals surface area contributed by atoms with Gasteiger partial charge in [0.15, 0.2) is 5.76 Å². The van der Waals surface area contributed by atoms with Gasteiger partial charge < -0.3 is 14.4 Å². The summed E-state index contributed by atoms with van der Waals surface area (Å²) in [6.45, 7) is 2.31. The summed E-state index contributed by atoms with van der Waals surface area (Å²) in [5.41, 5.74) is 0.859. The summed E-state index contributed by atoms with van der Waals surface area (Å²) >= 11 is 0. The number of hydrogen-bond donors (Lipinski definition) is 1. The second kappa shape index (κ2) is 4.61. The molecule has 1 aromatic rings. The van der Waals surface area contributed by atoms with E-state index in [0.717, 1.165) is 18.4 Å². The van der Waals surface area contributed by atoms with Crippen molar-refractivity contribution in [3.63, 3.8) is 0 Å². The molecule has 92 valence electrons. The molecule has 1 aromatic heterocycles. The van der Waals surface area contributed by atoms with E-state index in [0.29, 0.717) is 13.0 Å². The number of carbonyl (C=O) groups is 2. The quantitative estimate of drug-likeness (QED) is 0.849. The van der Waals surface area contributed by atoms with Gasteiger partial charge in [0.1, 0.15) is 6.04 Å². The van der Waals surface area contributed by atoms with E-state index in [2.05, 4.69) is 0 Å². The fourth-order valence-corrected chi connectivity index (χ4v) is 2.12. The maximum atomic E-state index is 12.1. The van der Waals surface area contributed by atoms with E-state index in [1.165, 1.54) is 11.2 Å². The molecule has 0 bridgehead atoms. The molecular formula is C12H15NO4. The van der Waals surface area contributed by atoms with E-state index in [9.17, 15) is 9.59 Å². The van der Waals surface area contributed by atoms with Crippen molar-refractivity contribution >= 4 is 11.9 Å². The molecule has 17 heavy (non-hydrogen) atoms. The number of nitrogens with zero attached hydrogens (tertiary/aromatic N) is 1. The molecule has 0 spiro atoms. The summed E-state index contributed by atoms with van der Waals surface area (Å²) in [7, 11) is 0. The van der Waals surface area contributed by atoms with Gasteiger partial charge in [-0.15, -0.1) is 0 Å². The third kappa shape index (κ3) is 2.33. The molecule has 5 heteroatoms. The number of piperidine rings is 1. The van der Waals surface area contributed by atoms with Gasteiger partial charge in [-0.05, 0) is 37.8 Å². The van der Waals surface area contributed by atoms with Gasteiger partial charge in [-0.1, -0.05) is 0 Å². The average Bonchev–Trinajstić information content (AvgIpc) is 2.75. The van der Waals surface area contributed by atoms with Crippen molar-refractivity contribution in [1.29, 1.82) is 0 Å². The lowest BCUT2D eigenvalue weighted by molar-refractivity contribution is -0.143. The average molecular weight is 237 g/mol. The molecular weight excluding hydrogens is 222 g/mol. The van der Waals surface area contributed by atoms with Crippen LogP contribution in [-0.4, -0.2) is 34.5 Å². The van der Waals surface area contributed by atoms with Gasteiger partial charge >= 0.3 is 5.97 Å². The van der Waals surface area contributed by atoms with E-state index in [1.54, 1.807) is 6.07 Å². The SMILES string of the molecule is Cc1coc(C(=O)N2CCCCC2C(=O)O)c1. The van der Waals surface area contributed by atoms with E-state index < -0.39 is 12.0 Å². The van der Waals surface area contributed by atoms with E-state index in [-0.39, 0.29) is 11.7 Å². The maximum Gasteiger partial charge on any atom is 0.326 e. The topological polar surface area (TPSA) is 70.8 Å². The first-order chi connectivity index (χ1) is 8.09. The first kappa shape index (κ1) is 11.7. The maximum absolute atomic E-state index is 12.1. The summed E-state index contributed by atoms with van der Waals surface area (Å²) in [5.74, 6) is -1.05. The molecule has 1 fully saturated rings. The van der Waals surface area contributed by atoms with Crippen molar-refractivity contribution in [2.24, 2.45) is 0 Å². The summed E-state index contributed by atoms with van der Waals surface area (Å²) in [5, 5.41) is 9.09. The molecule has 5 nitrogen and oxygen atoms in total. The van der Waals surface area contributed by atoms with Crippen LogP contribution >= 0.6 is 0 Å². The Morgan fingerprint density at radius 1 is 1.47 bits per heavy atom. The molecule has 0 saturated carbocycles. The first-order valence-electron chi connectivity index (χ1n) is 5.68. The fourth-order valence-electron chi connectivity index (χ4n) is 2.12. The van der Waals surface area contributed by atoms with Crippen LogP contribution in [-0.2, 0) is 4.79 Å². The van der Waals surface area contributed by atoms with E-state index in [4.69, 9.17) is 9.52 Å². The number of aliphatic carboxylic acids is 1. The molecule has 1 aliphatic heterocycles. The van der Waals surface area contributed by atoms with Crippen LogP contribution in [0.3, 0.4) is 0 Å². The fraction of sp³-hybridized carbons (Fsp3) is 0.500. The van der Waals surface area contributed by atoms with Gasteiger partial charge in [0.2, 0.25) is 0 Å². The Kier molecular flexibility index (Phi) is 3.17. The Labute approximate surface area is 99.0 Å². The number of aryl methyl sites for hydroxylation is 1. The van der Waals surface area contributed by atoms with Gasteiger partial charge in [-0.2, -0.15) is 0 Å². The minimum Gasteiger partial charge on any atom is -0.480 e. The highest BCUT2D eigenvalue weighted by molar-refractivity contribution is 5.94. The molecule has 1 atom stereocenters. The number of likely N-dealkylation sites (tertiary alicyclic amines) is 1. The molecule has 0 aliphatic carbocycles. The molecule has 2 heterocycles. The molecule has 0 aromatic carbocycles. The molecule has 1 unspecified atom stereocenters. The normalized spacial score (nSPS) is 20.3. The minimum atomic E-state index is -0.943. The number of furan rings is 1. The lowest BCUT2D eigenvalue weighted by Gasteiger charge is -2.32. The van der Waals surface area contributed by atoms with Crippen LogP contribution in [0.15, 0.2) is 16.7 Å². The van der Waals surface area contributed by atoms with Crippen molar-refractivity contribution in [3.8, 4) is 0 Å². The van der Waals surface area contributed by atoms with Gasteiger partial charge in [-0.3, -0.25) is 4.79 Å². The number of carboxylic acids is 1. The molecule has 1 amide bonds. The van der Waals surface area contributed by atoms with Crippen molar-refractivity contribution in [1.82, 2.24) is 4.90 Å². The highest BCUT2D eigenvalue weighted by atomic mass is 16.4. The lowest BCUT2D eigenvalue weighted by Crippen LogP contribution is -2.47. The zero-order valence-corrected chi connectivity index (χ0v) is 9.68. The van der Waals surface area contributed by atoms with Crippen molar-refractivity contribution in [2.45, 2.75) is 32.2 Å². The number of rotatable bonds is 2. The molecule has 1 N–H and O–H groups in total. The van der Waals surface area contributed by atoms with E-state index >= 15 is 0 Å². The number of hydrogen-bond acceptors (Lipinski definition) is 3. The highest BCUT2D eigenvalue weighted by Gasteiger charge is 2.33. The summed E-state index contributed by atoms with van der Waals surface area (Å²) < 4.78 is 5.12. The molecule has 1 saturated heterocycles. The summed E-state index contributed by atoms with van der Waals surface area (Å²) in [6, 6.07) is 0.914. The zero-order valence-electron chi connectivity index (χ0n) is 9.68.